The Balaban J connectivity index is 2.18. The molecule has 1 aromatic carbocycles. The number of nitrogens with zero attached hydrogens (tertiary/aromatic N) is 1. The number of nitrogens with one attached hydrogen (secondary N) is 1. The topological polar surface area (TPSA) is 66.5 Å². The van der Waals surface area contributed by atoms with Gasteiger partial charge in [0, 0.05) is 11.0 Å². The average molecular weight is 375 g/mol. The largest absolute Gasteiger partial charge is 0.324 e. The van der Waals surface area contributed by atoms with Crippen molar-refractivity contribution in [2.24, 2.45) is 0 Å². The van der Waals surface area contributed by atoms with Gasteiger partial charge in [-0.1, -0.05) is 12.5 Å². The highest BCUT2D eigenvalue weighted by molar-refractivity contribution is 9.10. The molecule has 1 heterocycles. The standard InChI is InChI=1S/C14H19BrN2O3S/c1-10-6-7-12(11(15)9-10)16-14(18)13-5-3-4-8-17(13)21(2,19)20/h6-7,9,13H,3-5,8H2,1-2H3,(H,16,18). The highest BCUT2D eigenvalue weighted by Gasteiger charge is 2.34. The number of benzene rings is 1. The normalized spacial score (nSPS) is 20.2. The molecular weight excluding hydrogens is 356 g/mol. The maximum absolute atomic E-state index is 12.4. The molecular formula is C14H19BrN2O3S. The fourth-order valence-corrected chi connectivity index (χ4v) is 4.22. The van der Waals surface area contributed by atoms with Crippen molar-refractivity contribution in [3.05, 3.63) is 28.2 Å². The van der Waals surface area contributed by atoms with Gasteiger partial charge in [-0.15, -0.1) is 0 Å². The van der Waals surface area contributed by atoms with Crippen LogP contribution in [0.15, 0.2) is 22.7 Å². The van der Waals surface area contributed by atoms with E-state index in [1.807, 2.05) is 25.1 Å². The highest BCUT2D eigenvalue weighted by atomic mass is 79.9. The van der Waals surface area contributed by atoms with Gasteiger partial charge in [0.15, 0.2) is 0 Å². The summed E-state index contributed by atoms with van der Waals surface area (Å²) in [7, 11) is -3.37. The van der Waals surface area contributed by atoms with Crippen molar-refractivity contribution in [1.82, 2.24) is 4.31 Å². The van der Waals surface area contributed by atoms with Crippen molar-refractivity contribution in [2.45, 2.75) is 32.2 Å². The molecule has 0 aliphatic carbocycles. The van der Waals surface area contributed by atoms with Crippen molar-refractivity contribution < 1.29 is 13.2 Å². The molecule has 21 heavy (non-hydrogen) atoms. The summed E-state index contributed by atoms with van der Waals surface area (Å²) in [6.45, 7) is 2.37. The average Bonchev–Trinajstić information content (AvgIpc) is 2.41. The van der Waals surface area contributed by atoms with Crippen molar-refractivity contribution in [2.75, 3.05) is 18.1 Å². The minimum Gasteiger partial charge on any atom is -0.324 e. The number of carbonyl (C=O) groups excluding carboxylic acids is 1. The summed E-state index contributed by atoms with van der Waals surface area (Å²) in [5.74, 6) is -0.273. The third kappa shape index (κ3) is 4.05. The van der Waals surface area contributed by atoms with Gasteiger partial charge in [-0.2, -0.15) is 4.31 Å². The number of rotatable bonds is 3. The van der Waals surface area contributed by atoms with E-state index in [0.717, 1.165) is 29.1 Å². The zero-order chi connectivity index (χ0) is 15.6. The zero-order valence-electron chi connectivity index (χ0n) is 12.1. The van der Waals surface area contributed by atoms with E-state index in [1.165, 1.54) is 4.31 Å². The van der Waals surface area contributed by atoms with E-state index in [0.29, 0.717) is 18.7 Å². The molecule has 1 unspecified atom stereocenters. The van der Waals surface area contributed by atoms with Gasteiger partial charge in [-0.3, -0.25) is 4.79 Å². The van der Waals surface area contributed by atoms with Crippen LogP contribution in [0.1, 0.15) is 24.8 Å². The number of sulfonamides is 1. The second-order valence-corrected chi connectivity index (χ2v) is 8.15. The lowest BCUT2D eigenvalue weighted by Crippen LogP contribution is -2.49. The van der Waals surface area contributed by atoms with Crippen LogP contribution in [0.2, 0.25) is 0 Å². The molecule has 0 saturated carbocycles. The molecule has 0 spiro atoms. The Morgan fingerprint density at radius 2 is 2.10 bits per heavy atom. The lowest BCUT2D eigenvalue weighted by Gasteiger charge is -2.32. The number of amides is 1. The van der Waals surface area contributed by atoms with E-state index in [4.69, 9.17) is 0 Å². The molecule has 1 N–H and O–H groups in total. The molecule has 0 bridgehead atoms. The Kier molecular flexibility index (Phi) is 5.06. The summed E-state index contributed by atoms with van der Waals surface area (Å²) in [6.07, 6.45) is 3.37. The van der Waals surface area contributed by atoms with Crippen molar-refractivity contribution in [3.8, 4) is 0 Å². The molecule has 1 aliphatic rings. The molecule has 2 rings (SSSR count). The summed E-state index contributed by atoms with van der Waals surface area (Å²) in [6, 6.07) is 4.99. The van der Waals surface area contributed by atoms with Gasteiger partial charge in [0.25, 0.3) is 0 Å². The number of hydrogen-bond acceptors (Lipinski definition) is 3. The second kappa shape index (κ2) is 6.46. The number of aryl methyl sites for hydroxylation is 1. The molecule has 1 aromatic rings. The van der Waals surface area contributed by atoms with Crippen LogP contribution < -0.4 is 5.32 Å². The highest BCUT2D eigenvalue weighted by Crippen LogP contribution is 2.26. The summed E-state index contributed by atoms with van der Waals surface area (Å²) in [5, 5.41) is 2.82. The SMILES string of the molecule is Cc1ccc(NC(=O)C2CCCCN2S(C)(=O)=O)c(Br)c1. The first kappa shape index (κ1) is 16.5. The van der Waals surface area contributed by atoms with Crippen LogP contribution >= 0.6 is 15.9 Å². The third-order valence-electron chi connectivity index (χ3n) is 3.56. The minimum absolute atomic E-state index is 0.273. The van der Waals surface area contributed by atoms with E-state index in [1.54, 1.807) is 0 Å². The summed E-state index contributed by atoms with van der Waals surface area (Å²) >= 11 is 3.41. The molecule has 116 valence electrons. The molecule has 1 fully saturated rings. The van der Waals surface area contributed by atoms with E-state index >= 15 is 0 Å². The van der Waals surface area contributed by atoms with Crippen LogP contribution in [-0.4, -0.2) is 37.5 Å². The molecule has 1 saturated heterocycles. The predicted molar refractivity (Wildman–Crippen MR) is 86.7 cm³/mol. The van der Waals surface area contributed by atoms with Crippen LogP contribution in [0, 0.1) is 6.92 Å². The van der Waals surface area contributed by atoms with Gasteiger partial charge in [0.05, 0.1) is 11.9 Å². The van der Waals surface area contributed by atoms with Gasteiger partial charge < -0.3 is 5.32 Å². The Morgan fingerprint density at radius 3 is 2.71 bits per heavy atom. The maximum atomic E-state index is 12.4. The smallest absolute Gasteiger partial charge is 0.242 e. The van der Waals surface area contributed by atoms with Crippen LogP contribution in [0.4, 0.5) is 5.69 Å². The minimum atomic E-state index is -3.37. The van der Waals surface area contributed by atoms with Gasteiger partial charge in [-0.25, -0.2) is 8.42 Å². The van der Waals surface area contributed by atoms with Gasteiger partial charge in [-0.05, 0) is 53.4 Å². The van der Waals surface area contributed by atoms with Gasteiger partial charge in [0.1, 0.15) is 6.04 Å². The fraction of sp³-hybridized carbons (Fsp3) is 0.500. The number of piperidine rings is 1. The van der Waals surface area contributed by atoms with E-state index in [-0.39, 0.29) is 5.91 Å². The van der Waals surface area contributed by atoms with Crippen molar-refractivity contribution in [3.63, 3.8) is 0 Å². The number of halogens is 1. The van der Waals surface area contributed by atoms with E-state index in [9.17, 15) is 13.2 Å². The molecule has 0 radical (unpaired) electrons. The van der Waals surface area contributed by atoms with Gasteiger partial charge in [0.2, 0.25) is 15.9 Å². The van der Waals surface area contributed by atoms with Crippen LogP contribution in [0.5, 0.6) is 0 Å². The Morgan fingerprint density at radius 1 is 1.38 bits per heavy atom. The number of carbonyl (C=O) groups is 1. The predicted octanol–water partition coefficient (Wildman–Crippen LogP) is 2.51. The summed E-state index contributed by atoms with van der Waals surface area (Å²) in [5.41, 5.74) is 1.74. The Bertz CT molecular complexity index is 646. The molecule has 1 amide bonds. The Hall–Kier alpha value is -0.920. The first-order valence-electron chi connectivity index (χ1n) is 6.83. The van der Waals surface area contributed by atoms with Crippen LogP contribution in [0.3, 0.4) is 0 Å². The number of anilines is 1. The zero-order valence-corrected chi connectivity index (χ0v) is 14.5. The van der Waals surface area contributed by atoms with E-state index in [2.05, 4.69) is 21.2 Å². The first-order chi connectivity index (χ1) is 9.79. The quantitative estimate of drug-likeness (QED) is 0.883. The molecule has 7 heteroatoms. The summed E-state index contributed by atoms with van der Waals surface area (Å²) < 4.78 is 25.7. The fourth-order valence-electron chi connectivity index (χ4n) is 2.50. The molecule has 5 nitrogen and oxygen atoms in total. The van der Waals surface area contributed by atoms with E-state index < -0.39 is 16.1 Å². The first-order valence-corrected chi connectivity index (χ1v) is 9.47. The second-order valence-electron chi connectivity index (χ2n) is 5.36. The lowest BCUT2D eigenvalue weighted by atomic mass is 10.0. The number of hydrogen-bond donors (Lipinski definition) is 1. The van der Waals surface area contributed by atoms with Crippen molar-refractivity contribution >= 4 is 37.5 Å². The lowest BCUT2D eigenvalue weighted by molar-refractivity contribution is -0.120. The van der Waals surface area contributed by atoms with Crippen LogP contribution in [0.25, 0.3) is 0 Å². The van der Waals surface area contributed by atoms with Crippen molar-refractivity contribution in [1.29, 1.82) is 0 Å². The summed E-state index contributed by atoms with van der Waals surface area (Å²) in [4.78, 5) is 12.4. The molecule has 1 aliphatic heterocycles. The Labute approximate surface area is 133 Å². The van der Waals surface area contributed by atoms with Crippen LogP contribution in [-0.2, 0) is 14.8 Å². The third-order valence-corrected chi connectivity index (χ3v) is 5.51. The molecule has 1 atom stereocenters. The monoisotopic (exact) mass is 374 g/mol. The maximum Gasteiger partial charge on any atom is 0.242 e. The molecule has 0 aromatic heterocycles. The van der Waals surface area contributed by atoms with Gasteiger partial charge >= 0.3 is 0 Å².